The maximum absolute atomic E-state index is 13.0. The molecule has 0 aliphatic rings. The zero-order valence-electron chi connectivity index (χ0n) is 13.2. The Labute approximate surface area is 146 Å². The lowest BCUT2D eigenvalue weighted by Gasteiger charge is -2.17. The normalized spacial score (nSPS) is 12.1. The first-order valence-electron chi connectivity index (χ1n) is 7.42. The molecule has 5 nitrogen and oxygen atoms in total. The number of carbonyl (C=O) groups excluding carboxylic acids is 1. The molecule has 0 heterocycles. The molecule has 1 amide bonds. The summed E-state index contributed by atoms with van der Waals surface area (Å²) in [5.74, 6) is -2.57. The lowest BCUT2D eigenvalue weighted by molar-refractivity contribution is -0.139. The maximum Gasteiger partial charge on any atom is 0.417 e. The Balaban J connectivity index is 2.28. The molecule has 2 aromatic carbocycles. The number of nitriles is 1. The number of benzene rings is 2. The predicted octanol–water partition coefficient (Wildman–Crippen LogP) is 3.00. The average molecular weight is 362 g/mol. The molecule has 0 aliphatic carbocycles. The van der Waals surface area contributed by atoms with E-state index in [0.29, 0.717) is 5.56 Å². The van der Waals surface area contributed by atoms with Gasteiger partial charge in [0.25, 0.3) is 5.91 Å². The first-order valence-corrected chi connectivity index (χ1v) is 7.42. The molecule has 1 atom stereocenters. The molecule has 0 unspecified atom stereocenters. The molecule has 2 N–H and O–H groups in total. The fraction of sp³-hybridized carbons (Fsp3) is 0.167. The van der Waals surface area contributed by atoms with Crippen molar-refractivity contribution >= 4 is 11.9 Å². The van der Waals surface area contributed by atoms with E-state index in [1.807, 2.05) is 6.07 Å². The van der Waals surface area contributed by atoms with Gasteiger partial charge in [-0.1, -0.05) is 30.3 Å². The second kappa shape index (κ2) is 7.70. The van der Waals surface area contributed by atoms with Crippen LogP contribution in [0.2, 0.25) is 0 Å². The Morgan fingerprint density at radius 2 is 1.73 bits per heavy atom. The number of amides is 1. The number of carbonyl (C=O) groups is 2. The van der Waals surface area contributed by atoms with Crippen LogP contribution in [0.25, 0.3) is 0 Å². The van der Waals surface area contributed by atoms with Crippen LogP contribution in [0.3, 0.4) is 0 Å². The largest absolute Gasteiger partial charge is 0.480 e. The quantitative estimate of drug-likeness (QED) is 0.856. The van der Waals surface area contributed by atoms with Crippen LogP contribution < -0.4 is 5.32 Å². The summed E-state index contributed by atoms with van der Waals surface area (Å²) in [5.41, 5.74) is -1.23. The molecule has 2 aromatic rings. The van der Waals surface area contributed by atoms with Crippen molar-refractivity contribution in [2.75, 3.05) is 0 Å². The number of carboxylic acid groups (broad SMARTS) is 1. The van der Waals surface area contributed by atoms with Gasteiger partial charge in [-0.2, -0.15) is 18.4 Å². The minimum atomic E-state index is -4.75. The number of alkyl halides is 3. The van der Waals surface area contributed by atoms with Gasteiger partial charge in [-0.15, -0.1) is 0 Å². The minimum absolute atomic E-state index is 0.226. The Bertz CT molecular complexity index is 872. The predicted molar refractivity (Wildman–Crippen MR) is 85.2 cm³/mol. The van der Waals surface area contributed by atoms with E-state index in [9.17, 15) is 27.9 Å². The van der Waals surface area contributed by atoms with Crippen molar-refractivity contribution in [3.05, 3.63) is 70.8 Å². The molecule has 0 fully saturated rings. The van der Waals surface area contributed by atoms with Gasteiger partial charge in [0.15, 0.2) is 0 Å². The van der Waals surface area contributed by atoms with Crippen molar-refractivity contribution in [2.24, 2.45) is 0 Å². The van der Waals surface area contributed by atoms with E-state index in [-0.39, 0.29) is 12.0 Å². The van der Waals surface area contributed by atoms with Crippen molar-refractivity contribution in [2.45, 2.75) is 18.6 Å². The van der Waals surface area contributed by atoms with Gasteiger partial charge in [-0.3, -0.25) is 4.79 Å². The Kier molecular flexibility index (Phi) is 5.62. The number of hydrogen-bond donors (Lipinski definition) is 2. The molecule has 0 saturated carbocycles. The van der Waals surface area contributed by atoms with Gasteiger partial charge in [-0.05, 0) is 23.8 Å². The fourth-order valence-corrected chi connectivity index (χ4v) is 2.39. The molecule has 0 aromatic heterocycles. The molecule has 0 bridgehead atoms. The van der Waals surface area contributed by atoms with E-state index in [4.69, 9.17) is 5.26 Å². The van der Waals surface area contributed by atoms with E-state index in [1.54, 1.807) is 12.1 Å². The van der Waals surface area contributed by atoms with Crippen LogP contribution in [0, 0.1) is 11.3 Å². The minimum Gasteiger partial charge on any atom is -0.480 e. The summed E-state index contributed by atoms with van der Waals surface area (Å²) < 4.78 is 39.1. The van der Waals surface area contributed by atoms with Gasteiger partial charge >= 0.3 is 12.1 Å². The molecule has 8 heteroatoms. The van der Waals surface area contributed by atoms with Crippen LogP contribution in [0.4, 0.5) is 13.2 Å². The summed E-state index contributed by atoms with van der Waals surface area (Å²) in [7, 11) is 0. The van der Waals surface area contributed by atoms with E-state index >= 15 is 0 Å². The zero-order chi connectivity index (χ0) is 19.3. The molecular formula is C18H13F3N2O3. The van der Waals surface area contributed by atoms with Crippen molar-refractivity contribution in [1.82, 2.24) is 5.32 Å². The topological polar surface area (TPSA) is 90.2 Å². The summed E-state index contributed by atoms with van der Waals surface area (Å²) in [6.07, 6.45) is -4.99. The van der Waals surface area contributed by atoms with Gasteiger partial charge in [0.05, 0.1) is 22.8 Å². The van der Waals surface area contributed by atoms with Gasteiger partial charge in [0, 0.05) is 6.42 Å². The molecule has 0 saturated heterocycles. The molecule has 26 heavy (non-hydrogen) atoms. The van der Waals surface area contributed by atoms with Crippen molar-refractivity contribution in [1.29, 1.82) is 5.26 Å². The standard InChI is InChI=1S/C18H13F3N2O3/c19-18(20,21)14-8-4-3-7-13(14)16(24)23-15(17(25)26)9-11-5-1-2-6-12(11)10-22/h1-8,15H,9H2,(H,23,24)(H,25,26)/t15-/m0/s1. The number of hydrogen-bond acceptors (Lipinski definition) is 3. The van der Waals surface area contributed by atoms with Gasteiger partial charge in [0.1, 0.15) is 6.04 Å². The highest BCUT2D eigenvalue weighted by Crippen LogP contribution is 2.31. The third-order valence-corrected chi connectivity index (χ3v) is 3.64. The van der Waals surface area contributed by atoms with Crippen LogP contribution in [-0.2, 0) is 17.4 Å². The Hall–Kier alpha value is -3.34. The highest BCUT2D eigenvalue weighted by Gasteiger charge is 2.35. The number of rotatable bonds is 5. The summed E-state index contributed by atoms with van der Waals surface area (Å²) in [6, 6.07) is 10.7. The highest BCUT2D eigenvalue weighted by atomic mass is 19.4. The lowest BCUT2D eigenvalue weighted by Crippen LogP contribution is -2.43. The van der Waals surface area contributed by atoms with Crippen LogP contribution in [0.1, 0.15) is 27.0 Å². The van der Waals surface area contributed by atoms with E-state index in [1.165, 1.54) is 18.2 Å². The Morgan fingerprint density at radius 1 is 1.12 bits per heavy atom. The van der Waals surface area contributed by atoms with Crippen molar-refractivity contribution in [3.8, 4) is 6.07 Å². The zero-order valence-corrected chi connectivity index (χ0v) is 13.2. The van der Waals surface area contributed by atoms with Crippen LogP contribution in [0.5, 0.6) is 0 Å². The fourth-order valence-electron chi connectivity index (χ4n) is 2.39. The summed E-state index contributed by atoms with van der Waals surface area (Å²) in [4.78, 5) is 23.7. The highest BCUT2D eigenvalue weighted by molar-refractivity contribution is 5.98. The number of carboxylic acids is 1. The molecule has 0 aliphatic heterocycles. The summed E-state index contributed by atoms with van der Waals surface area (Å²) in [5, 5.41) is 20.4. The lowest BCUT2D eigenvalue weighted by atomic mass is 10.00. The molecule has 2 rings (SSSR count). The maximum atomic E-state index is 13.0. The second-order valence-corrected chi connectivity index (χ2v) is 5.38. The third kappa shape index (κ3) is 4.39. The van der Waals surface area contributed by atoms with Gasteiger partial charge < -0.3 is 10.4 Å². The smallest absolute Gasteiger partial charge is 0.417 e. The monoisotopic (exact) mass is 362 g/mol. The van der Waals surface area contributed by atoms with Gasteiger partial charge in [-0.25, -0.2) is 4.79 Å². The SMILES string of the molecule is N#Cc1ccccc1C[C@H](NC(=O)c1ccccc1C(F)(F)F)C(=O)O. The molecule has 0 spiro atoms. The molecule has 0 radical (unpaired) electrons. The van der Waals surface area contributed by atoms with Gasteiger partial charge in [0.2, 0.25) is 0 Å². The number of aliphatic carboxylic acids is 1. The van der Waals surface area contributed by atoms with E-state index in [0.717, 1.165) is 18.2 Å². The average Bonchev–Trinajstić information content (AvgIpc) is 2.60. The first kappa shape index (κ1) is 19.0. The number of halogens is 3. The number of nitrogens with zero attached hydrogens (tertiary/aromatic N) is 1. The van der Waals surface area contributed by atoms with E-state index < -0.39 is 35.2 Å². The van der Waals surface area contributed by atoms with Crippen LogP contribution in [0.15, 0.2) is 48.5 Å². The second-order valence-electron chi connectivity index (χ2n) is 5.38. The van der Waals surface area contributed by atoms with Crippen molar-refractivity contribution < 1.29 is 27.9 Å². The van der Waals surface area contributed by atoms with E-state index in [2.05, 4.69) is 5.32 Å². The number of nitrogens with one attached hydrogen (secondary N) is 1. The van der Waals surface area contributed by atoms with Crippen molar-refractivity contribution in [3.63, 3.8) is 0 Å². The summed E-state index contributed by atoms with van der Waals surface area (Å²) in [6.45, 7) is 0. The van der Waals surface area contributed by atoms with Crippen LogP contribution >= 0.6 is 0 Å². The third-order valence-electron chi connectivity index (χ3n) is 3.64. The molecular weight excluding hydrogens is 349 g/mol. The first-order chi connectivity index (χ1) is 12.2. The summed E-state index contributed by atoms with van der Waals surface area (Å²) >= 11 is 0. The Morgan fingerprint density at radius 3 is 2.35 bits per heavy atom. The molecule has 134 valence electrons. The van der Waals surface area contributed by atoms with Crippen LogP contribution in [-0.4, -0.2) is 23.0 Å².